The van der Waals surface area contributed by atoms with Crippen molar-refractivity contribution in [2.24, 2.45) is 11.8 Å². The van der Waals surface area contributed by atoms with E-state index in [0.717, 1.165) is 40.6 Å². The van der Waals surface area contributed by atoms with Gasteiger partial charge in [0.25, 0.3) is 0 Å². The predicted octanol–water partition coefficient (Wildman–Crippen LogP) is 2.45. The number of aryl methyl sites for hydroxylation is 1. The van der Waals surface area contributed by atoms with Crippen molar-refractivity contribution >= 4 is 45.0 Å². The van der Waals surface area contributed by atoms with Gasteiger partial charge in [-0.05, 0) is 37.5 Å². The van der Waals surface area contributed by atoms with Crippen LogP contribution >= 0.6 is 15.9 Å². The van der Waals surface area contributed by atoms with Crippen LogP contribution in [0, 0.1) is 18.8 Å². The fraction of sp³-hybridized carbons (Fsp3) is 0.471. The van der Waals surface area contributed by atoms with E-state index in [1.165, 1.54) is 0 Å². The molecule has 1 aliphatic carbocycles. The quantitative estimate of drug-likeness (QED) is 0.609. The number of hydrogen-bond donors (Lipinski definition) is 2. The van der Waals surface area contributed by atoms with Crippen LogP contribution in [0.25, 0.3) is 0 Å². The molecule has 1 saturated carbocycles. The number of nitrogens with one attached hydrogen (secondary N) is 1. The number of nitrogen functional groups attached to an aromatic ring is 1. The summed E-state index contributed by atoms with van der Waals surface area (Å²) < 4.78 is 0.795. The molecule has 3 N–H and O–H groups in total. The number of nitrogens with two attached hydrogens (primary N) is 1. The zero-order valence-electron chi connectivity index (χ0n) is 13.5. The van der Waals surface area contributed by atoms with Crippen LogP contribution in [0.4, 0.5) is 11.4 Å². The number of carbonyl (C=O) groups excluding carboxylic acids is 3. The molecule has 2 atom stereocenters. The topological polar surface area (TPSA) is 92.5 Å². The van der Waals surface area contributed by atoms with E-state index in [4.69, 9.17) is 5.73 Å². The highest BCUT2D eigenvalue weighted by molar-refractivity contribution is 9.10. The van der Waals surface area contributed by atoms with E-state index >= 15 is 0 Å². The Morgan fingerprint density at radius 1 is 1.25 bits per heavy atom. The van der Waals surface area contributed by atoms with Gasteiger partial charge in [0.05, 0.1) is 23.2 Å². The predicted molar refractivity (Wildman–Crippen MR) is 94.1 cm³/mol. The van der Waals surface area contributed by atoms with E-state index in [1.807, 2.05) is 13.0 Å². The minimum absolute atomic E-state index is 0.210. The average Bonchev–Trinajstić information content (AvgIpc) is 2.78. The maximum Gasteiger partial charge on any atom is 0.244 e. The smallest absolute Gasteiger partial charge is 0.244 e. The number of carbonyl (C=O) groups is 3. The third-order valence-corrected chi connectivity index (χ3v) is 5.32. The molecule has 24 heavy (non-hydrogen) atoms. The molecule has 6 nitrogen and oxygen atoms in total. The van der Waals surface area contributed by atoms with E-state index in [9.17, 15) is 14.4 Å². The number of hydrogen-bond acceptors (Lipinski definition) is 4. The molecule has 7 heteroatoms. The lowest BCUT2D eigenvalue weighted by atomic mass is 9.81. The van der Waals surface area contributed by atoms with E-state index in [-0.39, 0.29) is 30.2 Å². The Morgan fingerprint density at radius 2 is 1.83 bits per heavy atom. The fourth-order valence-corrected chi connectivity index (χ4v) is 4.15. The highest BCUT2D eigenvalue weighted by atomic mass is 79.9. The summed E-state index contributed by atoms with van der Waals surface area (Å²) in [5.41, 5.74) is 7.75. The Labute approximate surface area is 148 Å². The van der Waals surface area contributed by atoms with Crippen molar-refractivity contribution in [3.05, 3.63) is 22.2 Å². The van der Waals surface area contributed by atoms with Gasteiger partial charge >= 0.3 is 0 Å². The second-order valence-corrected chi connectivity index (χ2v) is 7.41. The van der Waals surface area contributed by atoms with E-state index in [2.05, 4.69) is 21.2 Å². The summed E-state index contributed by atoms with van der Waals surface area (Å²) in [5.74, 6) is -1.31. The SMILES string of the molecule is Cc1cc(Br)cc(NC(=O)CN2C(=O)C3CCCCC3C2=O)c1N. The second-order valence-electron chi connectivity index (χ2n) is 6.49. The molecule has 1 aromatic rings. The Hall–Kier alpha value is -1.89. The molecule has 3 amide bonds. The summed E-state index contributed by atoms with van der Waals surface area (Å²) in [6.07, 6.45) is 3.42. The Balaban J connectivity index is 1.71. The lowest BCUT2D eigenvalue weighted by molar-refractivity contribution is -0.142. The van der Waals surface area contributed by atoms with Crippen LogP contribution in [0.2, 0.25) is 0 Å². The molecule has 0 bridgehead atoms. The first-order valence-corrected chi connectivity index (χ1v) is 8.88. The van der Waals surface area contributed by atoms with Gasteiger partial charge in [-0.2, -0.15) is 0 Å². The van der Waals surface area contributed by atoms with Crippen LogP contribution in [-0.4, -0.2) is 29.2 Å². The number of anilines is 2. The Bertz CT molecular complexity index is 695. The molecule has 128 valence electrons. The lowest BCUT2D eigenvalue weighted by Crippen LogP contribution is -2.38. The fourth-order valence-electron chi connectivity index (χ4n) is 3.58. The number of imide groups is 1. The lowest BCUT2D eigenvalue weighted by Gasteiger charge is -2.19. The zero-order valence-corrected chi connectivity index (χ0v) is 15.1. The van der Waals surface area contributed by atoms with Gasteiger partial charge in [-0.1, -0.05) is 28.8 Å². The average molecular weight is 394 g/mol. The monoisotopic (exact) mass is 393 g/mol. The number of benzene rings is 1. The van der Waals surface area contributed by atoms with Crippen molar-refractivity contribution in [3.63, 3.8) is 0 Å². The molecule has 3 rings (SSSR count). The first-order valence-electron chi connectivity index (χ1n) is 8.09. The van der Waals surface area contributed by atoms with Crippen molar-refractivity contribution in [2.45, 2.75) is 32.6 Å². The maximum absolute atomic E-state index is 12.4. The van der Waals surface area contributed by atoms with E-state index < -0.39 is 5.91 Å². The number of rotatable bonds is 3. The molecule has 2 aliphatic rings. The van der Waals surface area contributed by atoms with Gasteiger partial charge in [-0.15, -0.1) is 0 Å². The number of halogens is 1. The third kappa shape index (κ3) is 3.05. The molecule has 2 fully saturated rings. The molecule has 0 spiro atoms. The number of fused-ring (bicyclic) bond motifs is 1. The largest absolute Gasteiger partial charge is 0.397 e. The van der Waals surface area contributed by atoms with Crippen molar-refractivity contribution in [1.29, 1.82) is 0 Å². The highest BCUT2D eigenvalue weighted by Gasteiger charge is 2.48. The first kappa shape index (κ1) is 17.0. The van der Waals surface area contributed by atoms with Gasteiger partial charge < -0.3 is 11.1 Å². The highest BCUT2D eigenvalue weighted by Crippen LogP contribution is 2.38. The molecular weight excluding hydrogens is 374 g/mol. The van der Waals surface area contributed by atoms with Crippen LogP contribution in [0.15, 0.2) is 16.6 Å². The molecule has 2 unspecified atom stereocenters. The number of nitrogens with zero attached hydrogens (tertiary/aromatic N) is 1. The van der Waals surface area contributed by atoms with Crippen molar-refractivity contribution in [3.8, 4) is 0 Å². The van der Waals surface area contributed by atoms with E-state index in [1.54, 1.807) is 6.07 Å². The first-order chi connectivity index (χ1) is 11.4. The Kier molecular flexibility index (Phi) is 4.62. The van der Waals surface area contributed by atoms with Crippen molar-refractivity contribution < 1.29 is 14.4 Å². The summed E-state index contributed by atoms with van der Waals surface area (Å²) in [4.78, 5) is 38.2. The summed E-state index contributed by atoms with van der Waals surface area (Å²) in [6.45, 7) is 1.59. The summed E-state index contributed by atoms with van der Waals surface area (Å²) in [7, 11) is 0. The standard InChI is InChI=1S/C17H20BrN3O3/c1-9-6-10(18)7-13(15(9)19)20-14(22)8-21-16(23)11-4-2-3-5-12(11)17(21)24/h6-7,11-12H,2-5,8,19H2,1H3,(H,20,22). The molecule has 1 aliphatic heterocycles. The van der Waals surface area contributed by atoms with Crippen molar-refractivity contribution in [1.82, 2.24) is 4.90 Å². The van der Waals surface area contributed by atoms with Crippen LogP contribution in [0.3, 0.4) is 0 Å². The normalized spacial score (nSPS) is 23.3. The van der Waals surface area contributed by atoms with E-state index in [0.29, 0.717) is 11.4 Å². The van der Waals surface area contributed by atoms with Gasteiger partial charge in [0.2, 0.25) is 17.7 Å². The van der Waals surface area contributed by atoms with Crippen LogP contribution in [-0.2, 0) is 14.4 Å². The minimum Gasteiger partial charge on any atom is -0.397 e. The summed E-state index contributed by atoms with van der Waals surface area (Å²) in [6, 6.07) is 3.55. The summed E-state index contributed by atoms with van der Waals surface area (Å²) in [5, 5.41) is 2.70. The van der Waals surface area contributed by atoms with Crippen LogP contribution in [0.5, 0.6) is 0 Å². The molecular formula is C17H20BrN3O3. The Morgan fingerprint density at radius 3 is 2.42 bits per heavy atom. The van der Waals surface area contributed by atoms with Gasteiger partial charge in [-0.25, -0.2) is 0 Å². The molecule has 1 heterocycles. The minimum atomic E-state index is -0.417. The molecule has 0 radical (unpaired) electrons. The molecule has 1 saturated heterocycles. The number of amides is 3. The van der Waals surface area contributed by atoms with Gasteiger partial charge in [-0.3, -0.25) is 19.3 Å². The van der Waals surface area contributed by atoms with Gasteiger partial charge in [0, 0.05) is 4.47 Å². The van der Waals surface area contributed by atoms with Crippen LogP contribution in [0.1, 0.15) is 31.2 Å². The van der Waals surface area contributed by atoms with Gasteiger partial charge in [0.1, 0.15) is 6.54 Å². The third-order valence-electron chi connectivity index (χ3n) is 4.86. The number of likely N-dealkylation sites (tertiary alicyclic amines) is 1. The zero-order chi connectivity index (χ0) is 17.4. The van der Waals surface area contributed by atoms with Crippen molar-refractivity contribution in [2.75, 3.05) is 17.6 Å². The maximum atomic E-state index is 12.4. The molecule has 0 aromatic heterocycles. The summed E-state index contributed by atoms with van der Waals surface area (Å²) >= 11 is 3.36. The van der Waals surface area contributed by atoms with Gasteiger partial charge in [0.15, 0.2) is 0 Å². The van der Waals surface area contributed by atoms with Crippen LogP contribution < -0.4 is 11.1 Å². The molecule has 1 aromatic carbocycles. The second kappa shape index (κ2) is 6.55.